The maximum atomic E-state index is 10.7. The lowest BCUT2D eigenvalue weighted by Gasteiger charge is -2.29. The summed E-state index contributed by atoms with van der Waals surface area (Å²) in [7, 11) is 0. The first-order chi connectivity index (χ1) is 6.18. The molecule has 0 spiro atoms. The van der Waals surface area contributed by atoms with Crippen molar-refractivity contribution in [2.45, 2.75) is 58.3 Å². The summed E-state index contributed by atoms with van der Waals surface area (Å²) in [6, 6.07) is 0. The molecule has 0 saturated heterocycles. The van der Waals surface area contributed by atoms with Gasteiger partial charge >= 0.3 is 5.97 Å². The van der Waals surface area contributed by atoms with E-state index in [9.17, 15) is 4.79 Å². The van der Waals surface area contributed by atoms with Crippen LogP contribution in [-0.2, 0) is 4.79 Å². The van der Waals surface area contributed by atoms with Crippen LogP contribution in [0.3, 0.4) is 0 Å². The minimum atomic E-state index is -0.622. The molecule has 76 valence electrons. The van der Waals surface area contributed by atoms with Gasteiger partial charge in [-0.1, -0.05) is 32.6 Å². The molecule has 1 aliphatic carbocycles. The van der Waals surface area contributed by atoms with Gasteiger partial charge in [-0.05, 0) is 24.7 Å². The quantitative estimate of drug-likeness (QED) is 0.684. The molecule has 1 aliphatic rings. The zero-order valence-corrected chi connectivity index (χ0v) is 8.51. The van der Waals surface area contributed by atoms with E-state index in [1.54, 1.807) is 0 Å². The number of aliphatic carboxylic acids is 1. The topological polar surface area (TPSA) is 37.3 Å². The monoisotopic (exact) mass is 184 g/mol. The van der Waals surface area contributed by atoms with E-state index in [0.717, 1.165) is 19.3 Å². The van der Waals surface area contributed by atoms with Crippen molar-refractivity contribution in [2.75, 3.05) is 0 Å². The zero-order chi connectivity index (χ0) is 9.73. The van der Waals surface area contributed by atoms with Gasteiger partial charge in [0.1, 0.15) is 0 Å². The molecule has 0 radical (unpaired) electrons. The fourth-order valence-electron chi connectivity index (χ4n) is 2.45. The number of carboxylic acid groups (broad SMARTS) is 1. The van der Waals surface area contributed by atoms with E-state index in [2.05, 4.69) is 6.92 Å². The van der Waals surface area contributed by atoms with Crippen molar-refractivity contribution in [1.82, 2.24) is 0 Å². The number of hydrogen-bond donors (Lipinski definition) is 1. The molecule has 1 N–H and O–H groups in total. The zero-order valence-electron chi connectivity index (χ0n) is 8.51. The first-order valence-electron chi connectivity index (χ1n) is 5.40. The molecular formula is C11H20O2. The number of rotatable bonds is 3. The minimum Gasteiger partial charge on any atom is -0.481 e. The Morgan fingerprint density at radius 2 is 1.77 bits per heavy atom. The van der Waals surface area contributed by atoms with Crippen LogP contribution in [0, 0.1) is 5.41 Å². The van der Waals surface area contributed by atoms with Crippen LogP contribution >= 0.6 is 0 Å². The van der Waals surface area contributed by atoms with Crippen LogP contribution in [0.1, 0.15) is 58.3 Å². The molecular weight excluding hydrogens is 164 g/mol. The maximum absolute atomic E-state index is 10.7. The van der Waals surface area contributed by atoms with E-state index >= 15 is 0 Å². The standard InChI is InChI=1S/C11H20O2/c1-2-11(9-10(12)13)7-5-3-4-6-8-11/h2-9H2,1H3,(H,12,13). The molecule has 2 nitrogen and oxygen atoms in total. The third kappa shape index (κ3) is 3.02. The minimum absolute atomic E-state index is 0.127. The molecule has 0 unspecified atom stereocenters. The molecule has 1 rings (SSSR count). The van der Waals surface area contributed by atoms with E-state index < -0.39 is 5.97 Å². The van der Waals surface area contributed by atoms with Crippen LogP contribution in [0.5, 0.6) is 0 Å². The lowest BCUT2D eigenvalue weighted by Crippen LogP contribution is -2.22. The highest BCUT2D eigenvalue weighted by Crippen LogP contribution is 2.40. The predicted molar refractivity (Wildman–Crippen MR) is 52.7 cm³/mol. The van der Waals surface area contributed by atoms with Gasteiger partial charge in [-0.15, -0.1) is 0 Å². The molecule has 0 aromatic heterocycles. The Morgan fingerprint density at radius 1 is 1.23 bits per heavy atom. The molecule has 0 amide bonds. The van der Waals surface area contributed by atoms with Gasteiger partial charge in [0.15, 0.2) is 0 Å². The van der Waals surface area contributed by atoms with Gasteiger partial charge in [0.05, 0.1) is 6.42 Å². The molecule has 1 saturated carbocycles. The average Bonchev–Trinajstić information content (AvgIpc) is 2.30. The highest BCUT2D eigenvalue weighted by atomic mass is 16.4. The second-order valence-electron chi connectivity index (χ2n) is 4.34. The summed E-state index contributed by atoms with van der Waals surface area (Å²) >= 11 is 0. The van der Waals surface area contributed by atoms with Crippen molar-refractivity contribution in [3.63, 3.8) is 0 Å². The molecule has 0 atom stereocenters. The first kappa shape index (κ1) is 10.6. The van der Waals surface area contributed by atoms with Crippen molar-refractivity contribution in [3.8, 4) is 0 Å². The van der Waals surface area contributed by atoms with Crippen LogP contribution in [-0.4, -0.2) is 11.1 Å². The SMILES string of the molecule is CCC1(CC(=O)O)CCCCCC1. The summed E-state index contributed by atoms with van der Waals surface area (Å²) in [5.41, 5.74) is 0.127. The van der Waals surface area contributed by atoms with Crippen LogP contribution in [0.15, 0.2) is 0 Å². The van der Waals surface area contributed by atoms with Crippen molar-refractivity contribution >= 4 is 5.97 Å². The van der Waals surface area contributed by atoms with E-state index in [0.29, 0.717) is 6.42 Å². The van der Waals surface area contributed by atoms with Gasteiger partial charge in [0, 0.05) is 0 Å². The number of carboxylic acids is 1. The highest BCUT2D eigenvalue weighted by Gasteiger charge is 2.31. The van der Waals surface area contributed by atoms with Crippen molar-refractivity contribution in [3.05, 3.63) is 0 Å². The molecule has 13 heavy (non-hydrogen) atoms. The smallest absolute Gasteiger partial charge is 0.303 e. The normalized spacial score (nSPS) is 22.2. The summed E-state index contributed by atoms with van der Waals surface area (Å²) < 4.78 is 0. The van der Waals surface area contributed by atoms with E-state index in [1.807, 2.05) is 0 Å². The van der Waals surface area contributed by atoms with Gasteiger partial charge in [-0.2, -0.15) is 0 Å². The third-order valence-electron chi connectivity index (χ3n) is 3.44. The molecule has 0 aliphatic heterocycles. The summed E-state index contributed by atoms with van der Waals surface area (Å²) in [6.45, 7) is 2.13. The lowest BCUT2D eigenvalue weighted by atomic mass is 9.75. The van der Waals surface area contributed by atoms with Gasteiger partial charge in [0.25, 0.3) is 0 Å². The van der Waals surface area contributed by atoms with Crippen LogP contribution in [0.25, 0.3) is 0 Å². The Balaban J connectivity index is 2.58. The lowest BCUT2D eigenvalue weighted by molar-refractivity contribution is -0.140. The van der Waals surface area contributed by atoms with Gasteiger partial charge in [0.2, 0.25) is 0 Å². The van der Waals surface area contributed by atoms with Gasteiger partial charge in [-0.3, -0.25) is 4.79 Å². The van der Waals surface area contributed by atoms with Crippen LogP contribution in [0.4, 0.5) is 0 Å². The van der Waals surface area contributed by atoms with Crippen molar-refractivity contribution in [2.24, 2.45) is 5.41 Å². The van der Waals surface area contributed by atoms with E-state index in [-0.39, 0.29) is 5.41 Å². The summed E-state index contributed by atoms with van der Waals surface area (Å²) in [5.74, 6) is -0.622. The summed E-state index contributed by atoms with van der Waals surface area (Å²) in [5, 5.41) is 8.85. The third-order valence-corrected chi connectivity index (χ3v) is 3.44. The van der Waals surface area contributed by atoms with Gasteiger partial charge < -0.3 is 5.11 Å². The second kappa shape index (κ2) is 4.64. The predicted octanol–water partition coefficient (Wildman–Crippen LogP) is 3.21. The fourth-order valence-corrected chi connectivity index (χ4v) is 2.45. The first-order valence-corrected chi connectivity index (χ1v) is 5.40. The molecule has 0 heterocycles. The summed E-state index contributed by atoms with van der Waals surface area (Å²) in [6.07, 6.45) is 8.68. The maximum Gasteiger partial charge on any atom is 0.303 e. The van der Waals surface area contributed by atoms with E-state index in [1.165, 1.54) is 25.7 Å². The molecule has 0 bridgehead atoms. The number of hydrogen-bond acceptors (Lipinski definition) is 1. The largest absolute Gasteiger partial charge is 0.481 e. The molecule has 1 fully saturated rings. The average molecular weight is 184 g/mol. The Bertz CT molecular complexity index is 167. The Hall–Kier alpha value is -0.530. The second-order valence-corrected chi connectivity index (χ2v) is 4.34. The molecule has 0 aromatic rings. The van der Waals surface area contributed by atoms with Crippen LogP contribution < -0.4 is 0 Å². The Labute approximate surface area is 80.3 Å². The Kier molecular flexibility index (Phi) is 3.76. The van der Waals surface area contributed by atoms with Gasteiger partial charge in [-0.25, -0.2) is 0 Å². The van der Waals surface area contributed by atoms with E-state index in [4.69, 9.17) is 5.11 Å². The number of carbonyl (C=O) groups is 1. The molecule has 0 aromatic carbocycles. The molecule has 2 heteroatoms. The van der Waals surface area contributed by atoms with Crippen molar-refractivity contribution in [1.29, 1.82) is 0 Å². The fraction of sp³-hybridized carbons (Fsp3) is 0.909. The Morgan fingerprint density at radius 3 is 2.15 bits per heavy atom. The highest BCUT2D eigenvalue weighted by molar-refractivity contribution is 5.67. The van der Waals surface area contributed by atoms with Crippen LogP contribution in [0.2, 0.25) is 0 Å². The summed E-state index contributed by atoms with van der Waals surface area (Å²) in [4.78, 5) is 10.7. The van der Waals surface area contributed by atoms with Crippen molar-refractivity contribution < 1.29 is 9.90 Å².